The van der Waals surface area contributed by atoms with Crippen molar-refractivity contribution in [2.75, 3.05) is 6.61 Å². The van der Waals surface area contributed by atoms with Gasteiger partial charge in [0.2, 0.25) is 0 Å². The zero-order chi connectivity index (χ0) is 15.2. The van der Waals surface area contributed by atoms with Gasteiger partial charge >= 0.3 is 0 Å². The van der Waals surface area contributed by atoms with Gasteiger partial charge in [0.25, 0.3) is 5.91 Å². The van der Waals surface area contributed by atoms with Crippen LogP contribution in [0.4, 0.5) is 0 Å². The summed E-state index contributed by atoms with van der Waals surface area (Å²) in [7, 11) is 0. The molecule has 0 fully saturated rings. The molecule has 112 valence electrons. The van der Waals surface area contributed by atoms with Crippen LogP contribution in [0.1, 0.15) is 30.3 Å². The highest BCUT2D eigenvalue weighted by Crippen LogP contribution is 2.25. The smallest absolute Gasteiger partial charge is 0.258 e. The van der Waals surface area contributed by atoms with Gasteiger partial charge in [0.05, 0.1) is 6.04 Å². The van der Waals surface area contributed by atoms with Crippen LogP contribution in [0, 0.1) is 12.8 Å². The lowest BCUT2D eigenvalue weighted by Gasteiger charge is -2.21. The minimum absolute atomic E-state index is 0.0398. The number of nitrogens with one attached hydrogen (secondary N) is 1. The maximum absolute atomic E-state index is 12.1. The van der Waals surface area contributed by atoms with Crippen molar-refractivity contribution in [3.05, 3.63) is 52.2 Å². The third-order valence-electron chi connectivity index (χ3n) is 3.29. The number of carbonyl (C=O) groups is 1. The molecule has 0 spiro atoms. The molecule has 21 heavy (non-hydrogen) atoms. The van der Waals surface area contributed by atoms with E-state index in [0.717, 1.165) is 11.3 Å². The summed E-state index contributed by atoms with van der Waals surface area (Å²) >= 11 is 1.66. The third kappa shape index (κ3) is 4.33. The van der Waals surface area contributed by atoms with Gasteiger partial charge in [-0.1, -0.05) is 38.1 Å². The Labute approximate surface area is 130 Å². The minimum Gasteiger partial charge on any atom is -0.484 e. The van der Waals surface area contributed by atoms with Gasteiger partial charge in [0.1, 0.15) is 5.75 Å². The van der Waals surface area contributed by atoms with Crippen LogP contribution >= 0.6 is 11.3 Å². The van der Waals surface area contributed by atoms with Crippen molar-refractivity contribution in [2.24, 2.45) is 5.92 Å². The van der Waals surface area contributed by atoms with E-state index in [1.54, 1.807) is 11.3 Å². The zero-order valence-corrected chi connectivity index (χ0v) is 13.4. The molecule has 0 unspecified atom stereocenters. The number of rotatable bonds is 6. The van der Waals surface area contributed by atoms with Crippen LogP contribution in [-0.2, 0) is 4.79 Å². The topological polar surface area (TPSA) is 38.3 Å². The van der Waals surface area contributed by atoms with Crippen LogP contribution in [0.15, 0.2) is 41.8 Å². The Balaban J connectivity index is 1.93. The normalized spacial score (nSPS) is 12.2. The van der Waals surface area contributed by atoms with E-state index in [1.165, 1.54) is 4.88 Å². The number of thiophene rings is 1. The first-order chi connectivity index (χ1) is 10.1. The van der Waals surface area contributed by atoms with Crippen LogP contribution in [0.3, 0.4) is 0 Å². The van der Waals surface area contributed by atoms with Crippen LogP contribution < -0.4 is 10.1 Å². The lowest BCUT2D eigenvalue weighted by Crippen LogP contribution is -2.34. The summed E-state index contributed by atoms with van der Waals surface area (Å²) in [5.41, 5.74) is 1.03. The maximum Gasteiger partial charge on any atom is 0.258 e. The minimum atomic E-state index is -0.0923. The number of hydrogen-bond acceptors (Lipinski definition) is 3. The number of para-hydroxylation sites is 1. The lowest BCUT2D eigenvalue weighted by atomic mass is 10.0. The van der Waals surface area contributed by atoms with Crippen LogP contribution in [-0.4, -0.2) is 12.5 Å². The fourth-order valence-corrected chi connectivity index (χ4v) is 3.06. The van der Waals surface area contributed by atoms with Crippen LogP contribution in [0.25, 0.3) is 0 Å². The molecule has 1 aromatic carbocycles. The summed E-state index contributed by atoms with van der Waals surface area (Å²) in [6.45, 7) is 6.22. The highest BCUT2D eigenvalue weighted by atomic mass is 32.1. The average Bonchev–Trinajstić information content (AvgIpc) is 2.97. The van der Waals surface area contributed by atoms with E-state index in [9.17, 15) is 4.79 Å². The van der Waals surface area contributed by atoms with Gasteiger partial charge in [-0.05, 0) is 35.9 Å². The van der Waals surface area contributed by atoms with Crippen LogP contribution in [0.5, 0.6) is 5.75 Å². The Bertz CT molecular complexity index is 578. The van der Waals surface area contributed by atoms with E-state index in [2.05, 4.69) is 25.2 Å². The first-order valence-electron chi connectivity index (χ1n) is 7.09. The van der Waals surface area contributed by atoms with E-state index >= 15 is 0 Å². The molecule has 0 aliphatic carbocycles. The number of carbonyl (C=O) groups excluding carboxylic acids is 1. The summed E-state index contributed by atoms with van der Waals surface area (Å²) in [6.07, 6.45) is 0. The summed E-state index contributed by atoms with van der Waals surface area (Å²) < 4.78 is 5.59. The Kier molecular flexibility index (Phi) is 5.39. The standard InChI is InChI=1S/C17H21NO2S/c1-12(2)17(15-9-6-10-21-15)18-16(19)11-20-14-8-5-4-7-13(14)3/h4-10,12,17H,11H2,1-3H3,(H,18,19)/t17-/m1/s1. The Hall–Kier alpha value is -1.81. The first-order valence-corrected chi connectivity index (χ1v) is 7.97. The predicted molar refractivity (Wildman–Crippen MR) is 86.7 cm³/mol. The van der Waals surface area contributed by atoms with Crippen molar-refractivity contribution < 1.29 is 9.53 Å². The van der Waals surface area contributed by atoms with Crippen molar-refractivity contribution in [3.63, 3.8) is 0 Å². The molecular weight excluding hydrogens is 282 g/mol. The molecule has 0 saturated heterocycles. The monoisotopic (exact) mass is 303 g/mol. The van der Waals surface area contributed by atoms with E-state index in [-0.39, 0.29) is 18.6 Å². The van der Waals surface area contributed by atoms with E-state index in [4.69, 9.17) is 4.74 Å². The molecule has 0 saturated carbocycles. The molecular formula is C17H21NO2S. The number of ether oxygens (including phenoxy) is 1. The molecule has 1 N–H and O–H groups in total. The molecule has 2 aromatic rings. The van der Waals surface area contributed by atoms with Gasteiger partial charge in [-0.3, -0.25) is 4.79 Å². The fraction of sp³-hybridized carbons (Fsp3) is 0.353. The van der Waals surface area contributed by atoms with Crippen molar-refractivity contribution in [1.29, 1.82) is 0 Å². The second kappa shape index (κ2) is 7.27. The van der Waals surface area contributed by atoms with Gasteiger partial charge in [-0.25, -0.2) is 0 Å². The summed E-state index contributed by atoms with van der Waals surface area (Å²) in [5.74, 6) is 1.00. The maximum atomic E-state index is 12.1. The number of amides is 1. The predicted octanol–water partition coefficient (Wildman–Crippen LogP) is 3.95. The molecule has 1 atom stereocenters. The molecule has 1 aromatic heterocycles. The van der Waals surface area contributed by atoms with Crippen molar-refractivity contribution in [3.8, 4) is 5.75 Å². The largest absolute Gasteiger partial charge is 0.484 e. The van der Waals surface area contributed by atoms with Crippen molar-refractivity contribution in [2.45, 2.75) is 26.8 Å². The highest BCUT2D eigenvalue weighted by molar-refractivity contribution is 7.10. The molecule has 2 rings (SSSR count). The van der Waals surface area contributed by atoms with Gasteiger partial charge < -0.3 is 10.1 Å². The second-order valence-electron chi connectivity index (χ2n) is 5.36. The van der Waals surface area contributed by atoms with Gasteiger partial charge in [0.15, 0.2) is 6.61 Å². The highest BCUT2D eigenvalue weighted by Gasteiger charge is 2.19. The molecule has 0 radical (unpaired) electrons. The van der Waals surface area contributed by atoms with E-state index in [1.807, 2.05) is 42.6 Å². The molecule has 0 bridgehead atoms. The van der Waals surface area contributed by atoms with E-state index < -0.39 is 0 Å². The first kappa shape index (κ1) is 15.6. The number of aryl methyl sites for hydroxylation is 1. The zero-order valence-electron chi connectivity index (χ0n) is 12.6. The van der Waals surface area contributed by atoms with Gasteiger partial charge in [-0.15, -0.1) is 11.3 Å². The van der Waals surface area contributed by atoms with Crippen LogP contribution in [0.2, 0.25) is 0 Å². The molecule has 3 nitrogen and oxygen atoms in total. The Morgan fingerprint density at radius 1 is 1.24 bits per heavy atom. The average molecular weight is 303 g/mol. The quantitative estimate of drug-likeness (QED) is 0.877. The van der Waals surface area contributed by atoms with Crippen molar-refractivity contribution >= 4 is 17.2 Å². The SMILES string of the molecule is Cc1ccccc1OCC(=O)N[C@@H](c1cccs1)C(C)C. The molecule has 4 heteroatoms. The number of hydrogen-bond donors (Lipinski definition) is 1. The van der Waals surface area contributed by atoms with Gasteiger partial charge in [-0.2, -0.15) is 0 Å². The molecule has 1 heterocycles. The lowest BCUT2D eigenvalue weighted by molar-refractivity contribution is -0.124. The molecule has 1 amide bonds. The molecule has 0 aliphatic heterocycles. The molecule has 0 aliphatic rings. The Morgan fingerprint density at radius 2 is 2.00 bits per heavy atom. The summed E-state index contributed by atoms with van der Waals surface area (Å²) in [6, 6.07) is 11.8. The summed E-state index contributed by atoms with van der Waals surface area (Å²) in [5, 5.41) is 5.08. The Morgan fingerprint density at radius 3 is 2.62 bits per heavy atom. The third-order valence-corrected chi connectivity index (χ3v) is 4.24. The fourth-order valence-electron chi connectivity index (χ4n) is 2.11. The van der Waals surface area contributed by atoms with Crippen molar-refractivity contribution in [1.82, 2.24) is 5.32 Å². The number of benzene rings is 1. The van der Waals surface area contributed by atoms with Gasteiger partial charge in [0, 0.05) is 4.88 Å². The summed E-state index contributed by atoms with van der Waals surface area (Å²) in [4.78, 5) is 13.3. The van der Waals surface area contributed by atoms with E-state index in [0.29, 0.717) is 5.92 Å². The second-order valence-corrected chi connectivity index (χ2v) is 6.34.